The van der Waals surface area contributed by atoms with Gasteiger partial charge in [-0.2, -0.15) is 0 Å². The molecule has 0 aliphatic rings. The molecule has 0 bridgehead atoms. The molecule has 0 saturated carbocycles. The summed E-state index contributed by atoms with van der Waals surface area (Å²) in [5, 5.41) is 11.9. The van der Waals surface area contributed by atoms with E-state index in [1.807, 2.05) is 0 Å². The number of rotatable bonds is 6. The second kappa shape index (κ2) is 6.19. The zero-order valence-electron chi connectivity index (χ0n) is 8.86. The first-order valence-corrected chi connectivity index (χ1v) is 5.15. The number of aliphatic hydroxyl groups excluding tert-OH is 1. The Morgan fingerprint density at radius 1 is 1.67 bits per heavy atom. The van der Waals surface area contributed by atoms with E-state index in [1.54, 1.807) is 0 Å². The summed E-state index contributed by atoms with van der Waals surface area (Å²) in [5.74, 6) is 0.992. The van der Waals surface area contributed by atoms with Gasteiger partial charge in [0.25, 0.3) is 5.56 Å². The lowest BCUT2D eigenvalue weighted by atomic mass is 10.0. The van der Waals surface area contributed by atoms with E-state index in [0.29, 0.717) is 11.7 Å². The van der Waals surface area contributed by atoms with Crippen molar-refractivity contribution < 1.29 is 5.11 Å². The molecule has 1 heterocycles. The molecule has 0 aliphatic heterocycles. The first kappa shape index (κ1) is 11.7. The molecule has 5 nitrogen and oxygen atoms in total. The number of aliphatic hydroxyl groups is 1. The van der Waals surface area contributed by atoms with E-state index >= 15 is 0 Å². The number of aromatic nitrogens is 2. The van der Waals surface area contributed by atoms with Gasteiger partial charge >= 0.3 is 0 Å². The van der Waals surface area contributed by atoms with Crippen LogP contribution >= 0.6 is 0 Å². The normalized spacial score (nSPS) is 12.4. The predicted octanol–water partition coefficient (Wildman–Crippen LogP) is 0.590. The third kappa shape index (κ3) is 4.12. The summed E-state index contributed by atoms with van der Waals surface area (Å²) in [6, 6.07) is 1.42. The Labute approximate surface area is 88.6 Å². The number of nitrogens with zero attached hydrogens (tertiary/aromatic N) is 1. The van der Waals surface area contributed by atoms with E-state index in [2.05, 4.69) is 22.2 Å². The van der Waals surface area contributed by atoms with E-state index in [4.69, 9.17) is 5.11 Å². The highest BCUT2D eigenvalue weighted by atomic mass is 16.3. The van der Waals surface area contributed by atoms with Gasteiger partial charge in [-0.15, -0.1) is 0 Å². The van der Waals surface area contributed by atoms with Crippen molar-refractivity contribution in [3.05, 3.63) is 22.7 Å². The van der Waals surface area contributed by atoms with Crippen molar-refractivity contribution in [1.82, 2.24) is 9.97 Å². The van der Waals surface area contributed by atoms with E-state index in [-0.39, 0.29) is 12.2 Å². The van der Waals surface area contributed by atoms with E-state index in [9.17, 15) is 4.79 Å². The number of hydrogen-bond acceptors (Lipinski definition) is 4. The van der Waals surface area contributed by atoms with Crippen molar-refractivity contribution in [3.8, 4) is 0 Å². The SMILES string of the molecule is CCC(CCO)CNc1cc(=O)[nH]cn1. The molecular formula is C10H17N3O2. The minimum atomic E-state index is -0.164. The van der Waals surface area contributed by atoms with Gasteiger partial charge in [0.2, 0.25) is 0 Å². The summed E-state index contributed by atoms with van der Waals surface area (Å²) in [5.41, 5.74) is -0.164. The summed E-state index contributed by atoms with van der Waals surface area (Å²) in [6.07, 6.45) is 3.14. The van der Waals surface area contributed by atoms with E-state index < -0.39 is 0 Å². The van der Waals surface area contributed by atoms with Crippen LogP contribution in [0.3, 0.4) is 0 Å². The molecule has 3 N–H and O–H groups in total. The molecule has 1 aromatic heterocycles. The highest BCUT2D eigenvalue weighted by molar-refractivity contribution is 5.31. The maximum atomic E-state index is 11.0. The molecule has 0 radical (unpaired) electrons. The van der Waals surface area contributed by atoms with Crippen LogP contribution in [0, 0.1) is 5.92 Å². The van der Waals surface area contributed by atoms with E-state index in [0.717, 1.165) is 19.4 Å². The van der Waals surface area contributed by atoms with Gasteiger partial charge in [-0.1, -0.05) is 13.3 Å². The van der Waals surface area contributed by atoms with Crippen molar-refractivity contribution in [2.45, 2.75) is 19.8 Å². The molecule has 0 fully saturated rings. The molecule has 1 atom stereocenters. The summed E-state index contributed by atoms with van der Waals surface area (Å²) >= 11 is 0. The maximum Gasteiger partial charge on any atom is 0.252 e. The Bertz CT molecular complexity index is 337. The first-order valence-electron chi connectivity index (χ1n) is 5.15. The van der Waals surface area contributed by atoms with Gasteiger partial charge in [0, 0.05) is 19.2 Å². The van der Waals surface area contributed by atoms with Crippen molar-refractivity contribution in [2.75, 3.05) is 18.5 Å². The third-order valence-electron chi connectivity index (χ3n) is 2.36. The van der Waals surface area contributed by atoms with Crippen molar-refractivity contribution in [1.29, 1.82) is 0 Å². The van der Waals surface area contributed by atoms with Crippen LogP contribution < -0.4 is 10.9 Å². The first-order chi connectivity index (χ1) is 7.26. The van der Waals surface area contributed by atoms with Gasteiger partial charge in [-0.3, -0.25) is 4.79 Å². The number of aromatic amines is 1. The van der Waals surface area contributed by atoms with Crippen LogP contribution in [0.15, 0.2) is 17.2 Å². The summed E-state index contributed by atoms with van der Waals surface area (Å²) < 4.78 is 0. The molecule has 1 rings (SSSR count). The molecule has 84 valence electrons. The number of anilines is 1. The molecule has 1 unspecified atom stereocenters. The average molecular weight is 211 g/mol. The Morgan fingerprint density at radius 2 is 2.47 bits per heavy atom. The molecule has 15 heavy (non-hydrogen) atoms. The summed E-state index contributed by atoms with van der Waals surface area (Å²) in [4.78, 5) is 17.4. The fourth-order valence-electron chi connectivity index (χ4n) is 1.35. The molecule has 0 spiro atoms. The fraction of sp³-hybridized carbons (Fsp3) is 0.600. The van der Waals surface area contributed by atoms with Gasteiger partial charge in [-0.25, -0.2) is 4.98 Å². The van der Waals surface area contributed by atoms with Gasteiger partial charge < -0.3 is 15.4 Å². The van der Waals surface area contributed by atoms with Crippen molar-refractivity contribution in [3.63, 3.8) is 0 Å². The lowest BCUT2D eigenvalue weighted by Gasteiger charge is -2.14. The third-order valence-corrected chi connectivity index (χ3v) is 2.36. The maximum absolute atomic E-state index is 11.0. The Morgan fingerprint density at radius 3 is 3.07 bits per heavy atom. The minimum absolute atomic E-state index is 0.164. The Balaban J connectivity index is 2.45. The van der Waals surface area contributed by atoms with Crippen LogP contribution in [-0.4, -0.2) is 28.2 Å². The van der Waals surface area contributed by atoms with Crippen molar-refractivity contribution >= 4 is 5.82 Å². The van der Waals surface area contributed by atoms with Gasteiger partial charge in [0.1, 0.15) is 5.82 Å². The quantitative estimate of drug-likeness (QED) is 0.643. The second-order valence-corrected chi connectivity index (χ2v) is 3.46. The van der Waals surface area contributed by atoms with Crippen LogP contribution in [0.5, 0.6) is 0 Å². The Kier molecular flexibility index (Phi) is 4.83. The number of nitrogens with one attached hydrogen (secondary N) is 2. The Hall–Kier alpha value is -1.36. The van der Waals surface area contributed by atoms with Crippen molar-refractivity contribution in [2.24, 2.45) is 5.92 Å². The van der Waals surface area contributed by atoms with Crippen LogP contribution in [-0.2, 0) is 0 Å². The number of hydrogen-bond donors (Lipinski definition) is 3. The second-order valence-electron chi connectivity index (χ2n) is 3.46. The molecule has 5 heteroatoms. The van der Waals surface area contributed by atoms with Crippen LogP contribution in [0.4, 0.5) is 5.82 Å². The topological polar surface area (TPSA) is 78.0 Å². The van der Waals surface area contributed by atoms with Crippen LogP contribution in [0.1, 0.15) is 19.8 Å². The molecule has 0 amide bonds. The molecule has 1 aromatic rings. The van der Waals surface area contributed by atoms with Gasteiger partial charge in [0.05, 0.1) is 6.33 Å². The minimum Gasteiger partial charge on any atom is -0.396 e. The molecule has 0 saturated heterocycles. The fourth-order valence-corrected chi connectivity index (χ4v) is 1.35. The van der Waals surface area contributed by atoms with E-state index in [1.165, 1.54) is 12.4 Å². The van der Waals surface area contributed by atoms with Gasteiger partial charge in [-0.05, 0) is 12.3 Å². The molecular weight excluding hydrogens is 194 g/mol. The van der Waals surface area contributed by atoms with Crippen LogP contribution in [0.25, 0.3) is 0 Å². The zero-order chi connectivity index (χ0) is 11.1. The highest BCUT2D eigenvalue weighted by Gasteiger charge is 2.05. The number of H-pyrrole nitrogens is 1. The highest BCUT2D eigenvalue weighted by Crippen LogP contribution is 2.08. The zero-order valence-corrected chi connectivity index (χ0v) is 8.86. The van der Waals surface area contributed by atoms with Gasteiger partial charge in [0.15, 0.2) is 0 Å². The average Bonchev–Trinajstić information content (AvgIpc) is 2.24. The lowest BCUT2D eigenvalue weighted by molar-refractivity contribution is 0.258. The van der Waals surface area contributed by atoms with Crippen LogP contribution in [0.2, 0.25) is 0 Å². The molecule has 0 aromatic carbocycles. The monoisotopic (exact) mass is 211 g/mol. The smallest absolute Gasteiger partial charge is 0.252 e. The largest absolute Gasteiger partial charge is 0.396 e. The summed E-state index contributed by atoms with van der Waals surface area (Å²) in [7, 11) is 0. The predicted molar refractivity (Wildman–Crippen MR) is 58.8 cm³/mol. The standard InChI is InChI=1S/C10H17N3O2/c1-2-8(3-4-14)6-11-9-5-10(15)13-7-12-9/h5,7-8,14H,2-4,6H2,1H3,(H2,11,12,13,15). The molecule has 0 aliphatic carbocycles. The summed E-state index contributed by atoms with van der Waals surface area (Å²) in [6.45, 7) is 3.00. The lowest BCUT2D eigenvalue weighted by Crippen LogP contribution is -2.17.